The molecule has 1 aromatic rings. The van der Waals surface area contributed by atoms with E-state index in [4.69, 9.17) is 8.92 Å². The first-order chi connectivity index (χ1) is 6.87. The third-order valence-electron chi connectivity index (χ3n) is 1.64. The predicted molar refractivity (Wildman–Crippen MR) is 65.1 cm³/mol. The number of halogens is 1. The van der Waals surface area contributed by atoms with Crippen molar-refractivity contribution in [3.63, 3.8) is 0 Å². The van der Waals surface area contributed by atoms with Gasteiger partial charge < -0.3 is 4.74 Å². The van der Waals surface area contributed by atoms with Crippen LogP contribution in [-0.2, 0) is 22.8 Å². The van der Waals surface area contributed by atoms with Crippen LogP contribution >= 0.6 is 22.6 Å². The second kappa shape index (κ2) is 4.77. The Bertz CT molecular complexity index is 417. The summed E-state index contributed by atoms with van der Waals surface area (Å²) in [7, 11) is -2.18. The molecule has 0 bridgehead atoms. The summed E-state index contributed by atoms with van der Waals surface area (Å²) in [5.74, 6) is 0. The summed E-state index contributed by atoms with van der Waals surface area (Å²) in [4.78, 5) is 0. The highest BCUT2D eigenvalue weighted by molar-refractivity contribution is 14.1. The Hall–Kier alpha value is -0.180. The summed E-state index contributed by atoms with van der Waals surface area (Å²) in [5, 5.41) is 0. The van der Waals surface area contributed by atoms with Crippen LogP contribution in [0.15, 0.2) is 30.3 Å². The zero-order chi connectivity index (χ0) is 11.5. The van der Waals surface area contributed by atoms with Gasteiger partial charge in [0.25, 0.3) is 13.9 Å². The molecule has 0 aliphatic carbocycles. The van der Waals surface area contributed by atoms with Gasteiger partial charge in [0.05, 0.1) is 6.26 Å². The molecule has 0 aliphatic rings. The molecular formula is C9H11IO4S. The van der Waals surface area contributed by atoms with Gasteiger partial charge >= 0.3 is 0 Å². The maximum absolute atomic E-state index is 11.1. The fourth-order valence-electron chi connectivity index (χ4n) is 1.03. The lowest BCUT2D eigenvalue weighted by atomic mass is 10.2. The van der Waals surface area contributed by atoms with Crippen LogP contribution in [0.3, 0.4) is 0 Å². The lowest BCUT2D eigenvalue weighted by Crippen LogP contribution is -2.27. The molecule has 0 aromatic heterocycles. The number of benzene rings is 1. The standard InChI is InChI=1S/C9H11IO4S/c1-13-9(10,14-15(2,11)12)8-6-4-3-5-7-8/h3-7H,1-2H3. The van der Waals surface area contributed by atoms with Crippen LogP contribution < -0.4 is 0 Å². The van der Waals surface area contributed by atoms with Crippen molar-refractivity contribution in [1.82, 2.24) is 0 Å². The summed E-state index contributed by atoms with van der Waals surface area (Å²) in [6.45, 7) is 0. The Labute approximate surface area is 103 Å². The third-order valence-corrected chi connectivity index (χ3v) is 3.76. The molecule has 0 radical (unpaired) electrons. The van der Waals surface area contributed by atoms with Crippen molar-refractivity contribution in [2.24, 2.45) is 0 Å². The first kappa shape index (κ1) is 12.9. The first-order valence-electron chi connectivity index (χ1n) is 4.07. The number of hydrogen-bond donors (Lipinski definition) is 0. The molecule has 84 valence electrons. The third kappa shape index (κ3) is 3.71. The van der Waals surface area contributed by atoms with Gasteiger partial charge in [-0.2, -0.15) is 8.42 Å². The van der Waals surface area contributed by atoms with Crippen LogP contribution in [-0.4, -0.2) is 21.8 Å². The van der Waals surface area contributed by atoms with Crippen molar-refractivity contribution in [3.05, 3.63) is 35.9 Å². The van der Waals surface area contributed by atoms with Gasteiger partial charge in [-0.05, 0) is 22.6 Å². The van der Waals surface area contributed by atoms with Crippen molar-refractivity contribution >= 4 is 32.7 Å². The van der Waals surface area contributed by atoms with E-state index in [2.05, 4.69) is 0 Å². The van der Waals surface area contributed by atoms with Crippen LogP contribution in [0.5, 0.6) is 0 Å². The number of hydrogen-bond acceptors (Lipinski definition) is 4. The van der Waals surface area contributed by atoms with Gasteiger partial charge in [-0.3, -0.25) is 0 Å². The molecule has 0 saturated heterocycles. The van der Waals surface area contributed by atoms with E-state index in [0.717, 1.165) is 6.26 Å². The molecule has 4 nitrogen and oxygen atoms in total. The van der Waals surface area contributed by atoms with Gasteiger partial charge in [-0.1, -0.05) is 30.3 Å². The molecular weight excluding hydrogens is 331 g/mol. The number of ether oxygens (including phenoxy) is 1. The molecule has 1 unspecified atom stereocenters. The van der Waals surface area contributed by atoms with Gasteiger partial charge in [0.2, 0.25) is 0 Å². The minimum absolute atomic E-state index is 0.638. The van der Waals surface area contributed by atoms with Gasteiger partial charge in [-0.15, -0.1) is 0 Å². The minimum Gasteiger partial charge on any atom is -0.341 e. The molecule has 1 rings (SSSR count). The summed E-state index contributed by atoms with van der Waals surface area (Å²) >= 11 is 1.81. The van der Waals surface area contributed by atoms with Crippen LogP contribution in [0, 0.1) is 0 Å². The minimum atomic E-state index is -3.57. The van der Waals surface area contributed by atoms with Crippen LogP contribution in [0.4, 0.5) is 0 Å². The highest BCUT2D eigenvalue weighted by atomic mass is 127. The molecule has 0 saturated carbocycles. The largest absolute Gasteiger partial charge is 0.341 e. The topological polar surface area (TPSA) is 52.6 Å². The van der Waals surface area contributed by atoms with Crippen molar-refractivity contribution in [1.29, 1.82) is 0 Å². The van der Waals surface area contributed by atoms with Crippen molar-refractivity contribution < 1.29 is 17.3 Å². The lowest BCUT2D eigenvalue weighted by Gasteiger charge is -2.24. The van der Waals surface area contributed by atoms with Crippen molar-refractivity contribution in [2.45, 2.75) is 3.79 Å². The monoisotopic (exact) mass is 342 g/mol. The highest BCUT2D eigenvalue weighted by Gasteiger charge is 2.33. The average Bonchev–Trinajstić information content (AvgIpc) is 2.16. The molecule has 6 heteroatoms. The lowest BCUT2D eigenvalue weighted by molar-refractivity contribution is -0.0700. The summed E-state index contributed by atoms with van der Waals surface area (Å²) < 4.78 is 30.8. The van der Waals surface area contributed by atoms with E-state index < -0.39 is 13.9 Å². The van der Waals surface area contributed by atoms with E-state index in [9.17, 15) is 8.42 Å². The molecule has 15 heavy (non-hydrogen) atoms. The van der Waals surface area contributed by atoms with E-state index >= 15 is 0 Å². The predicted octanol–water partition coefficient (Wildman–Crippen LogP) is 1.85. The van der Waals surface area contributed by atoms with E-state index in [1.54, 1.807) is 46.9 Å². The Kier molecular flexibility index (Phi) is 4.10. The maximum Gasteiger partial charge on any atom is 0.267 e. The highest BCUT2D eigenvalue weighted by Crippen LogP contribution is 2.35. The van der Waals surface area contributed by atoms with Gasteiger partial charge in [0, 0.05) is 12.7 Å². The molecule has 0 amide bonds. The van der Waals surface area contributed by atoms with Crippen LogP contribution in [0.1, 0.15) is 5.56 Å². The zero-order valence-corrected chi connectivity index (χ0v) is 11.3. The fourth-order valence-corrected chi connectivity index (χ4v) is 2.92. The molecule has 0 spiro atoms. The van der Waals surface area contributed by atoms with Gasteiger partial charge in [0.15, 0.2) is 0 Å². The number of methoxy groups -OCH3 is 1. The molecule has 0 N–H and O–H groups in total. The van der Waals surface area contributed by atoms with E-state index in [1.807, 2.05) is 6.07 Å². The summed E-state index contributed by atoms with van der Waals surface area (Å²) in [6, 6.07) is 8.87. The molecule has 1 atom stereocenters. The molecule has 1 aromatic carbocycles. The Balaban J connectivity index is 3.06. The Morgan fingerprint density at radius 2 is 1.80 bits per heavy atom. The van der Waals surface area contributed by atoms with Gasteiger partial charge in [-0.25, -0.2) is 4.18 Å². The zero-order valence-electron chi connectivity index (χ0n) is 8.31. The summed E-state index contributed by atoms with van der Waals surface area (Å²) in [5.41, 5.74) is 0.638. The van der Waals surface area contributed by atoms with E-state index in [0.29, 0.717) is 5.56 Å². The van der Waals surface area contributed by atoms with E-state index in [1.165, 1.54) is 7.11 Å². The maximum atomic E-state index is 11.1. The Morgan fingerprint density at radius 1 is 1.27 bits per heavy atom. The Morgan fingerprint density at radius 3 is 2.20 bits per heavy atom. The quantitative estimate of drug-likeness (QED) is 0.363. The molecule has 0 heterocycles. The molecule has 0 fully saturated rings. The normalized spacial score (nSPS) is 15.9. The van der Waals surface area contributed by atoms with Crippen LogP contribution in [0.25, 0.3) is 0 Å². The second-order valence-electron chi connectivity index (χ2n) is 2.89. The first-order valence-corrected chi connectivity index (χ1v) is 6.97. The average molecular weight is 342 g/mol. The molecule has 0 aliphatic heterocycles. The van der Waals surface area contributed by atoms with Crippen molar-refractivity contribution in [3.8, 4) is 0 Å². The fraction of sp³-hybridized carbons (Fsp3) is 0.333. The smallest absolute Gasteiger partial charge is 0.267 e. The number of rotatable bonds is 4. The number of alkyl halides is 1. The second-order valence-corrected chi connectivity index (χ2v) is 5.89. The SMILES string of the molecule is COC(I)(OS(C)(=O)=O)c1ccccc1. The van der Waals surface area contributed by atoms with E-state index in [-0.39, 0.29) is 0 Å². The summed E-state index contributed by atoms with van der Waals surface area (Å²) in [6.07, 6.45) is 0.988. The van der Waals surface area contributed by atoms with Crippen LogP contribution in [0.2, 0.25) is 0 Å². The van der Waals surface area contributed by atoms with Gasteiger partial charge in [0.1, 0.15) is 0 Å². The van der Waals surface area contributed by atoms with Crippen molar-refractivity contribution in [2.75, 3.05) is 13.4 Å².